The quantitative estimate of drug-likeness (QED) is 0.926. The summed E-state index contributed by atoms with van der Waals surface area (Å²) in [6.07, 6.45) is 2.05. The molecule has 1 fully saturated rings. The zero-order valence-corrected chi connectivity index (χ0v) is 12.1. The van der Waals surface area contributed by atoms with Crippen LogP contribution in [0.5, 0.6) is 0 Å². The van der Waals surface area contributed by atoms with E-state index in [-0.39, 0.29) is 18.2 Å². The van der Waals surface area contributed by atoms with Gasteiger partial charge in [-0.15, -0.1) is 0 Å². The molecule has 1 heterocycles. The third-order valence-electron chi connectivity index (χ3n) is 3.60. The summed E-state index contributed by atoms with van der Waals surface area (Å²) in [4.78, 5) is 25.6. The van der Waals surface area contributed by atoms with Gasteiger partial charge in [-0.05, 0) is 43.0 Å². The van der Waals surface area contributed by atoms with Gasteiger partial charge >= 0.3 is 0 Å². The summed E-state index contributed by atoms with van der Waals surface area (Å²) in [5.74, 6) is 0.241. The largest absolute Gasteiger partial charge is 0.338 e. The molecule has 110 valence electrons. The summed E-state index contributed by atoms with van der Waals surface area (Å²) in [6.45, 7) is 3.77. The van der Waals surface area contributed by atoms with E-state index in [9.17, 15) is 9.59 Å². The second-order valence-electron chi connectivity index (χ2n) is 5.46. The summed E-state index contributed by atoms with van der Waals surface area (Å²) in [7, 11) is 0. The van der Waals surface area contributed by atoms with Gasteiger partial charge in [0.25, 0.3) is 5.91 Å². The van der Waals surface area contributed by atoms with Gasteiger partial charge in [0.2, 0.25) is 5.91 Å². The van der Waals surface area contributed by atoms with Gasteiger partial charge in [0.15, 0.2) is 0 Å². The highest BCUT2D eigenvalue weighted by atomic mass is 16.2. The number of anilines is 1. The van der Waals surface area contributed by atoms with Crippen LogP contribution >= 0.6 is 0 Å². The molecule has 1 aliphatic rings. The molecular formula is C16H19N3O2. The number of nitriles is 1. The fraction of sp³-hybridized carbons (Fsp3) is 0.438. The smallest absolute Gasteiger partial charge is 0.253 e. The number of amides is 2. The highest BCUT2D eigenvalue weighted by molar-refractivity contribution is 5.96. The van der Waals surface area contributed by atoms with Crippen LogP contribution < -0.4 is 5.32 Å². The van der Waals surface area contributed by atoms with E-state index in [1.165, 1.54) is 6.42 Å². The van der Waals surface area contributed by atoms with Crippen LogP contribution in [0.3, 0.4) is 0 Å². The fourth-order valence-electron chi connectivity index (χ4n) is 2.53. The first-order valence-corrected chi connectivity index (χ1v) is 7.16. The van der Waals surface area contributed by atoms with Gasteiger partial charge in [-0.3, -0.25) is 9.59 Å². The van der Waals surface area contributed by atoms with Crippen molar-refractivity contribution in [2.24, 2.45) is 5.92 Å². The molecule has 21 heavy (non-hydrogen) atoms. The van der Waals surface area contributed by atoms with Crippen molar-refractivity contribution in [2.45, 2.75) is 26.2 Å². The van der Waals surface area contributed by atoms with Crippen molar-refractivity contribution in [2.75, 3.05) is 18.4 Å². The highest BCUT2D eigenvalue weighted by Gasteiger charge is 2.21. The molecule has 2 rings (SSSR count). The molecule has 0 saturated carbocycles. The molecule has 1 aromatic carbocycles. The zero-order chi connectivity index (χ0) is 15.2. The Kier molecular flexibility index (Phi) is 4.94. The number of carbonyl (C=O) groups excluding carboxylic acids is 2. The molecule has 5 heteroatoms. The molecule has 2 amide bonds. The van der Waals surface area contributed by atoms with Crippen LogP contribution in [0.15, 0.2) is 24.3 Å². The predicted octanol–water partition coefficient (Wildman–Crippen LogP) is 2.41. The molecule has 1 aliphatic heterocycles. The fourth-order valence-corrected chi connectivity index (χ4v) is 2.53. The lowest BCUT2D eigenvalue weighted by atomic mass is 9.99. The Morgan fingerprint density at radius 2 is 2.10 bits per heavy atom. The van der Waals surface area contributed by atoms with E-state index in [2.05, 4.69) is 12.2 Å². The first-order chi connectivity index (χ1) is 10.1. The summed E-state index contributed by atoms with van der Waals surface area (Å²) in [5, 5.41) is 11.0. The van der Waals surface area contributed by atoms with Crippen molar-refractivity contribution in [3.63, 3.8) is 0 Å². The maximum atomic E-state index is 12.4. The Balaban J connectivity index is 2.00. The van der Waals surface area contributed by atoms with E-state index in [4.69, 9.17) is 5.26 Å². The van der Waals surface area contributed by atoms with Crippen molar-refractivity contribution in [3.05, 3.63) is 29.8 Å². The maximum absolute atomic E-state index is 12.4. The summed E-state index contributed by atoms with van der Waals surface area (Å²) in [6, 6.07) is 8.60. The molecule has 1 aromatic rings. The number of hydrogen-bond donors (Lipinski definition) is 1. The summed E-state index contributed by atoms with van der Waals surface area (Å²) in [5.41, 5.74) is 1.22. The van der Waals surface area contributed by atoms with E-state index < -0.39 is 0 Å². The van der Waals surface area contributed by atoms with Crippen LogP contribution in [0.1, 0.15) is 36.5 Å². The lowest BCUT2D eigenvalue weighted by molar-refractivity contribution is -0.115. The molecule has 5 nitrogen and oxygen atoms in total. The molecule has 1 N–H and O–H groups in total. The van der Waals surface area contributed by atoms with E-state index in [0.717, 1.165) is 19.5 Å². The SMILES string of the molecule is C[C@@H]1CCCN(C(=O)c2ccc(NC(=O)CC#N)cc2)C1. The van der Waals surface area contributed by atoms with Gasteiger partial charge in [0.05, 0.1) is 6.07 Å². The van der Waals surface area contributed by atoms with E-state index >= 15 is 0 Å². The van der Waals surface area contributed by atoms with E-state index in [1.54, 1.807) is 30.3 Å². The lowest BCUT2D eigenvalue weighted by Gasteiger charge is -2.31. The minimum absolute atomic E-state index is 0.0384. The Morgan fingerprint density at radius 1 is 1.38 bits per heavy atom. The molecule has 1 saturated heterocycles. The molecule has 1 atom stereocenters. The Morgan fingerprint density at radius 3 is 2.71 bits per heavy atom. The van der Waals surface area contributed by atoms with Crippen LogP contribution in [0.4, 0.5) is 5.69 Å². The molecule has 0 aromatic heterocycles. The molecule has 0 aliphatic carbocycles. The Bertz CT molecular complexity index is 560. The van der Waals surface area contributed by atoms with Gasteiger partial charge in [-0.1, -0.05) is 6.92 Å². The van der Waals surface area contributed by atoms with Crippen LogP contribution in [-0.2, 0) is 4.79 Å². The number of rotatable bonds is 3. The molecule has 0 unspecified atom stereocenters. The minimum atomic E-state index is -0.346. The van der Waals surface area contributed by atoms with Crippen LogP contribution in [0.2, 0.25) is 0 Å². The topological polar surface area (TPSA) is 73.2 Å². The number of carbonyl (C=O) groups is 2. The zero-order valence-electron chi connectivity index (χ0n) is 12.1. The van der Waals surface area contributed by atoms with Crippen molar-refractivity contribution < 1.29 is 9.59 Å². The number of nitrogens with one attached hydrogen (secondary N) is 1. The lowest BCUT2D eigenvalue weighted by Crippen LogP contribution is -2.39. The predicted molar refractivity (Wildman–Crippen MR) is 79.6 cm³/mol. The van der Waals surface area contributed by atoms with Crippen LogP contribution in [-0.4, -0.2) is 29.8 Å². The molecule has 0 radical (unpaired) electrons. The first-order valence-electron chi connectivity index (χ1n) is 7.16. The minimum Gasteiger partial charge on any atom is -0.338 e. The highest BCUT2D eigenvalue weighted by Crippen LogP contribution is 2.19. The van der Waals surface area contributed by atoms with Crippen LogP contribution in [0.25, 0.3) is 0 Å². The van der Waals surface area contributed by atoms with Gasteiger partial charge in [-0.2, -0.15) is 5.26 Å². The first kappa shape index (κ1) is 15.0. The number of likely N-dealkylation sites (tertiary alicyclic amines) is 1. The number of benzene rings is 1. The third-order valence-corrected chi connectivity index (χ3v) is 3.60. The van der Waals surface area contributed by atoms with Crippen molar-refractivity contribution in [3.8, 4) is 6.07 Å². The average molecular weight is 285 g/mol. The second-order valence-corrected chi connectivity index (χ2v) is 5.46. The molecular weight excluding hydrogens is 266 g/mol. The summed E-state index contributed by atoms with van der Waals surface area (Å²) >= 11 is 0. The van der Waals surface area contributed by atoms with Gasteiger partial charge in [0.1, 0.15) is 6.42 Å². The van der Waals surface area contributed by atoms with Gasteiger partial charge in [-0.25, -0.2) is 0 Å². The number of hydrogen-bond acceptors (Lipinski definition) is 3. The monoisotopic (exact) mass is 285 g/mol. The Labute approximate surface area is 124 Å². The third kappa shape index (κ3) is 4.06. The van der Waals surface area contributed by atoms with Crippen LogP contribution in [0, 0.1) is 17.2 Å². The van der Waals surface area contributed by atoms with Crippen molar-refractivity contribution in [1.82, 2.24) is 4.90 Å². The standard InChI is InChI=1S/C16H19N3O2/c1-12-3-2-10-19(11-12)16(21)13-4-6-14(7-5-13)18-15(20)8-9-17/h4-7,12H,2-3,8,10-11H2,1H3,(H,18,20)/t12-/m1/s1. The Hall–Kier alpha value is -2.35. The number of nitrogens with zero attached hydrogens (tertiary/aromatic N) is 2. The molecule has 0 spiro atoms. The van der Waals surface area contributed by atoms with E-state index in [1.807, 2.05) is 4.90 Å². The van der Waals surface area contributed by atoms with Crippen molar-refractivity contribution >= 4 is 17.5 Å². The summed E-state index contributed by atoms with van der Waals surface area (Å²) < 4.78 is 0. The van der Waals surface area contributed by atoms with Gasteiger partial charge < -0.3 is 10.2 Å². The normalized spacial score (nSPS) is 17.9. The molecule has 0 bridgehead atoms. The van der Waals surface area contributed by atoms with E-state index in [0.29, 0.717) is 17.2 Å². The second kappa shape index (κ2) is 6.89. The van der Waals surface area contributed by atoms with Gasteiger partial charge in [0, 0.05) is 24.3 Å². The maximum Gasteiger partial charge on any atom is 0.253 e. The average Bonchev–Trinajstić information content (AvgIpc) is 2.47. The number of piperidine rings is 1. The van der Waals surface area contributed by atoms with Crippen molar-refractivity contribution in [1.29, 1.82) is 5.26 Å².